The standard InChI is InChI=1S/C17H28O4/c1-7-8-10-17(15(19)21-6)11-9-13(14(18)20-5)16(3,4)12(17)2/h13H,2,7-11H2,1,3-6H3/t13-,17-/m1/s1. The van der Waals surface area contributed by atoms with Crippen molar-refractivity contribution < 1.29 is 19.1 Å². The molecule has 0 N–H and O–H groups in total. The first-order valence-corrected chi connectivity index (χ1v) is 7.64. The van der Waals surface area contributed by atoms with Gasteiger partial charge in [0.1, 0.15) is 0 Å². The molecule has 0 aliphatic heterocycles. The fourth-order valence-electron chi connectivity index (χ4n) is 3.56. The number of hydrogen-bond donors (Lipinski definition) is 0. The molecule has 0 aromatic rings. The number of unbranched alkanes of at least 4 members (excludes halogenated alkanes) is 1. The summed E-state index contributed by atoms with van der Waals surface area (Å²) < 4.78 is 9.97. The summed E-state index contributed by atoms with van der Waals surface area (Å²) in [6.45, 7) is 10.2. The van der Waals surface area contributed by atoms with E-state index >= 15 is 0 Å². The van der Waals surface area contributed by atoms with Gasteiger partial charge in [0.2, 0.25) is 0 Å². The molecular weight excluding hydrogens is 268 g/mol. The minimum absolute atomic E-state index is 0.225. The van der Waals surface area contributed by atoms with Crippen LogP contribution in [0.1, 0.15) is 52.9 Å². The molecule has 0 unspecified atom stereocenters. The lowest BCUT2D eigenvalue weighted by Crippen LogP contribution is -2.48. The van der Waals surface area contributed by atoms with Gasteiger partial charge >= 0.3 is 11.9 Å². The van der Waals surface area contributed by atoms with E-state index in [0.29, 0.717) is 12.8 Å². The SMILES string of the molecule is C=C1C(C)(C)[C@@H](C(=O)OC)CC[C@@]1(CCCC)C(=O)OC. The Morgan fingerprint density at radius 1 is 1.29 bits per heavy atom. The summed E-state index contributed by atoms with van der Waals surface area (Å²) in [6, 6.07) is 0. The van der Waals surface area contributed by atoms with Gasteiger partial charge in [0.25, 0.3) is 0 Å². The van der Waals surface area contributed by atoms with Crippen LogP contribution in [-0.4, -0.2) is 26.2 Å². The number of rotatable bonds is 5. The fraction of sp³-hybridized carbons (Fsp3) is 0.765. The largest absolute Gasteiger partial charge is 0.469 e. The van der Waals surface area contributed by atoms with E-state index in [2.05, 4.69) is 13.5 Å². The van der Waals surface area contributed by atoms with Gasteiger partial charge in [0.15, 0.2) is 0 Å². The van der Waals surface area contributed by atoms with Gasteiger partial charge in [0, 0.05) is 0 Å². The van der Waals surface area contributed by atoms with Crippen molar-refractivity contribution in [2.75, 3.05) is 14.2 Å². The molecule has 0 radical (unpaired) electrons. The van der Waals surface area contributed by atoms with Crippen molar-refractivity contribution in [3.05, 3.63) is 12.2 Å². The van der Waals surface area contributed by atoms with Crippen molar-refractivity contribution in [1.82, 2.24) is 0 Å². The Labute approximate surface area is 127 Å². The second-order valence-corrected chi connectivity index (χ2v) is 6.49. The molecule has 21 heavy (non-hydrogen) atoms. The van der Waals surface area contributed by atoms with Gasteiger partial charge in [-0.25, -0.2) is 0 Å². The third-order valence-electron chi connectivity index (χ3n) is 5.11. The lowest BCUT2D eigenvalue weighted by atomic mass is 9.54. The summed E-state index contributed by atoms with van der Waals surface area (Å²) in [5.74, 6) is -0.707. The number of hydrogen-bond acceptors (Lipinski definition) is 4. The fourth-order valence-corrected chi connectivity index (χ4v) is 3.56. The first-order valence-electron chi connectivity index (χ1n) is 7.64. The smallest absolute Gasteiger partial charge is 0.315 e. The normalized spacial score (nSPS) is 28.0. The summed E-state index contributed by atoms with van der Waals surface area (Å²) in [4.78, 5) is 24.5. The predicted octanol–water partition coefficient (Wildman–Crippen LogP) is 3.50. The van der Waals surface area contributed by atoms with E-state index in [1.165, 1.54) is 14.2 Å². The number of methoxy groups -OCH3 is 2. The Bertz CT molecular complexity index is 425. The van der Waals surface area contributed by atoms with Crippen molar-refractivity contribution >= 4 is 11.9 Å². The summed E-state index contributed by atoms with van der Waals surface area (Å²) in [7, 11) is 2.82. The molecule has 0 amide bonds. The van der Waals surface area contributed by atoms with E-state index in [4.69, 9.17) is 9.47 Å². The second-order valence-electron chi connectivity index (χ2n) is 6.49. The molecule has 0 aromatic heterocycles. The Morgan fingerprint density at radius 2 is 1.90 bits per heavy atom. The minimum atomic E-state index is -0.668. The molecule has 0 saturated heterocycles. The number of carbonyl (C=O) groups excluding carboxylic acids is 2. The van der Waals surface area contributed by atoms with Crippen LogP contribution in [0, 0.1) is 16.7 Å². The summed E-state index contributed by atoms with van der Waals surface area (Å²) in [5.41, 5.74) is -0.344. The molecule has 0 spiro atoms. The molecule has 4 heteroatoms. The predicted molar refractivity (Wildman–Crippen MR) is 81.6 cm³/mol. The van der Waals surface area contributed by atoms with Crippen molar-refractivity contribution in [2.45, 2.75) is 52.9 Å². The second kappa shape index (κ2) is 6.63. The number of ether oxygens (including phenoxy) is 2. The Morgan fingerprint density at radius 3 is 2.38 bits per heavy atom. The first-order chi connectivity index (χ1) is 9.77. The maximum atomic E-state index is 12.4. The van der Waals surface area contributed by atoms with Gasteiger partial charge in [-0.3, -0.25) is 9.59 Å². The Balaban J connectivity index is 3.18. The lowest BCUT2D eigenvalue weighted by molar-refractivity contribution is -0.160. The highest BCUT2D eigenvalue weighted by Gasteiger charge is 2.54. The van der Waals surface area contributed by atoms with Crippen LogP contribution in [-0.2, 0) is 19.1 Å². The van der Waals surface area contributed by atoms with Crippen LogP contribution in [0.25, 0.3) is 0 Å². The lowest BCUT2D eigenvalue weighted by Gasteiger charge is -2.49. The quantitative estimate of drug-likeness (QED) is 0.575. The monoisotopic (exact) mass is 296 g/mol. The van der Waals surface area contributed by atoms with Gasteiger partial charge in [-0.05, 0) is 24.7 Å². The molecule has 0 bridgehead atoms. The third-order valence-corrected chi connectivity index (χ3v) is 5.11. The van der Waals surface area contributed by atoms with Crippen LogP contribution in [0.15, 0.2) is 12.2 Å². The zero-order valence-electron chi connectivity index (χ0n) is 14.0. The van der Waals surface area contributed by atoms with Crippen LogP contribution in [0.4, 0.5) is 0 Å². The minimum Gasteiger partial charge on any atom is -0.469 e. The maximum absolute atomic E-state index is 12.4. The molecule has 1 aliphatic rings. The highest BCUT2D eigenvalue weighted by molar-refractivity contribution is 5.83. The Kier molecular flexibility index (Phi) is 5.60. The van der Waals surface area contributed by atoms with Gasteiger partial charge in [0.05, 0.1) is 25.6 Å². The van der Waals surface area contributed by atoms with E-state index in [0.717, 1.165) is 24.8 Å². The van der Waals surface area contributed by atoms with Gasteiger partial charge in [-0.2, -0.15) is 0 Å². The first kappa shape index (κ1) is 17.7. The van der Waals surface area contributed by atoms with Gasteiger partial charge in [-0.15, -0.1) is 0 Å². The topological polar surface area (TPSA) is 52.6 Å². The summed E-state index contributed by atoms with van der Waals surface area (Å²) in [5, 5.41) is 0. The highest BCUT2D eigenvalue weighted by atomic mass is 16.5. The Hall–Kier alpha value is -1.32. The van der Waals surface area contributed by atoms with E-state index in [1.54, 1.807) is 0 Å². The summed E-state index contributed by atoms with van der Waals surface area (Å²) >= 11 is 0. The van der Waals surface area contributed by atoms with Crippen molar-refractivity contribution in [2.24, 2.45) is 16.7 Å². The van der Waals surface area contributed by atoms with Crippen molar-refractivity contribution in [3.8, 4) is 0 Å². The van der Waals surface area contributed by atoms with Crippen LogP contribution in [0.5, 0.6) is 0 Å². The van der Waals surface area contributed by atoms with E-state index in [-0.39, 0.29) is 17.9 Å². The summed E-state index contributed by atoms with van der Waals surface area (Å²) in [6.07, 6.45) is 3.89. The van der Waals surface area contributed by atoms with E-state index < -0.39 is 10.8 Å². The number of carbonyl (C=O) groups is 2. The average Bonchev–Trinajstić information content (AvgIpc) is 2.47. The molecular formula is C17H28O4. The third kappa shape index (κ3) is 2.99. The van der Waals surface area contributed by atoms with Gasteiger partial charge < -0.3 is 9.47 Å². The van der Waals surface area contributed by atoms with E-state index in [1.807, 2.05) is 13.8 Å². The molecule has 4 nitrogen and oxygen atoms in total. The van der Waals surface area contributed by atoms with Crippen LogP contribution in [0.3, 0.4) is 0 Å². The van der Waals surface area contributed by atoms with Crippen molar-refractivity contribution in [1.29, 1.82) is 0 Å². The molecule has 1 fully saturated rings. The maximum Gasteiger partial charge on any atom is 0.315 e. The average molecular weight is 296 g/mol. The molecule has 0 heterocycles. The number of esters is 2. The molecule has 0 aromatic carbocycles. The zero-order valence-corrected chi connectivity index (χ0v) is 14.0. The van der Waals surface area contributed by atoms with Crippen LogP contribution < -0.4 is 0 Å². The van der Waals surface area contributed by atoms with Crippen LogP contribution >= 0.6 is 0 Å². The zero-order chi connectivity index (χ0) is 16.3. The molecule has 120 valence electrons. The molecule has 2 atom stereocenters. The highest BCUT2D eigenvalue weighted by Crippen LogP contribution is 2.55. The molecule has 1 rings (SSSR count). The van der Waals surface area contributed by atoms with E-state index in [9.17, 15) is 9.59 Å². The van der Waals surface area contributed by atoms with Gasteiger partial charge in [-0.1, -0.05) is 45.8 Å². The van der Waals surface area contributed by atoms with Crippen molar-refractivity contribution in [3.63, 3.8) is 0 Å². The molecule has 1 saturated carbocycles. The van der Waals surface area contributed by atoms with Crippen LogP contribution in [0.2, 0.25) is 0 Å². The molecule has 1 aliphatic carbocycles.